The summed E-state index contributed by atoms with van der Waals surface area (Å²) in [5, 5.41) is 8.73. The molecule has 1 aliphatic heterocycles. The Morgan fingerprint density at radius 3 is 2.53 bits per heavy atom. The lowest BCUT2D eigenvalue weighted by Gasteiger charge is -2.24. The van der Waals surface area contributed by atoms with Crippen LogP contribution in [0.1, 0.15) is 13.3 Å². The fourth-order valence-corrected chi connectivity index (χ4v) is 3.35. The zero-order chi connectivity index (χ0) is 13.2. The highest BCUT2D eigenvalue weighted by molar-refractivity contribution is 8.00. The van der Waals surface area contributed by atoms with Gasteiger partial charge in [-0.1, -0.05) is 0 Å². The number of amides is 1. The Kier molecular flexibility index (Phi) is 4.42. The molecule has 1 amide bonds. The van der Waals surface area contributed by atoms with Crippen molar-refractivity contribution in [2.45, 2.75) is 24.8 Å². The van der Waals surface area contributed by atoms with E-state index >= 15 is 0 Å². The molecule has 17 heavy (non-hydrogen) atoms. The maximum Gasteiger partial charge on any atom is 0.327 e. The predicted octanol–water partition coefficient (Wildman–Crippen LogP) is -0.204. The molecule has 0 radical (unpaired) electrons. The van der Waals surface area contributed by atoms with Gasteiger partial charge in [0.1, 0.15) is 15.9 Å². The normalized spacial score (nSPS) is 24.9. The van der Waals surface area contributed by atoms with E-state index in [9.17, 15) is 18.0 Å². The molecule has 0 aromatic rings. The summed E-state index contributed by atoms with van der Waals surface area (Å²) in [6.07, 6.45) is 0.893. The Hall–Kier alpha value is -0.760. The van der Waals surface area contributed by atoms with Gasteiger partial charge in [-0.2, -0.15) is 0 Å². The first-order chi connectivity index (χ1) is 7.72. The summed E-state index contributed by atoms with van der Waals surface area (Å²) in [5.74, 6) is -1.36. The van der Waals surface area contributed by atoms with Crippen LogP contribution in [-0.2, 0) is 19.4 Å². The number of thioether (sulfide) groups is 1. The molecular formula is C9H15NO5S2. The lowest BCUT2D eigenvalue weighted by atomic mass is 10.2. The summed E-state index contributed by atoms with van der Waals surface area (Å²) in [4.78, 5) is 24.0. The van der Waals surface area contributed by atoms with E-state index in [1.165, 1.54) is 16.7 Å². The lowest BCUT2D eigenvalue weighted by molar-refractivity contribution is -0.148. The van der Waals surface area contributed by atoms with Crippen molar-refractivity contribution in [3.8, 4) is 0 Å². The SMILES string of the molecule is CC1SCC(C(=O)O)N1C(=O)CCS(C)(=O)=O. The van der Waals surface area contributed by atoms with Gasteiger partial charge in [0.05, 0.1) is 11.1 Å². The summed E-state index contributed by atoms with van der Waals surface area (Å²) in [7, 11) is -3.21. The minimum atomic E-state index is -3.21. The molecule has 2 atom stereocenters. The van der Waals surface area contributed by atoms with Crippen molar-refractivity contribution < 1.29 is 23.1 Å². The second-order valence-corrected chi connectivity index (χ2v) is 7.58. The summed E-state index contributed by atoms with van der Waals surface area (Å²) in [6.45, 7) is 1.74. The molecule has 0 saturated carbocycles. The van der Waals surface area contributed by atoms with Crippen molar-refractivity contribution in [2.24, 2.45) is 0 Å². The zero-order valence-electron chi connectivity index (χ0n) is 9.62. The minimum absolute atomic E-state index is 0.159. The maximum atomic E-state index is 11.8. The average Bonchev–Trinajstić information content (AvgIpc) is 2.55. The molecule has 1 heterocycles. The molecule has 8 heteroatoms. The number of hydrogen-bond acceptors (Lipinski definition) is 5. The first-order valence-electron chi connectivity index (χ1n) is 5.05. The molecule has 6 nitrogen and oxygen atoms in total. The van der Waals surface area contributed by atoms with E-state index in [0.717, 1.165) is 6.26 Å². The molecule has 1 fully saturated rings. The molecule has 1 aliphatic rings. The van der Waals surface area contributed by atoms with Crippen LogP contribution in [-0.4, -0.2) is 59.5 Å². The maximum absolute atomic E-state index is 11.8. The van der Waals surface area contributed by atoms with Gasteiger partial charge >= 0.3 is 5.97 Å². The van der Waals surface area contributed by atoms with Crippen LogP contribution in [0, 0.1) is 0 Å². The lowest BCUT2D eigenvalue weighted by Crippen LogP contribution is -2.45. The standard InChI is InChI=1S/C9H15NO5S2/c1-6-10(7(5-16-6)9(12)13)8(11)3-4-17(2,14)15/h6-7H,3-5H2,1-2H3,(H,12,13). The molecule has 2 unspecified atom stereocenters. The Labute approximate surface area is 104 Å². The van der Waals surface area contributed by atoms with Crippen molar-refractivity contribution in [1.82, 2.24) is 4.90 Å². The Bertz CT molecular complexity index is 419. The number of hydrogen-bond donors (Lipinski definition) is 1. The number of rotatable bonds is 4. The molecule has 1 rings (SSSR count). The molecule has 0 bridgehead atoms. The first kappa shape index (κ1) is 14.3. The van der Waals surface area contributed by atoms with Crippen LogP contribution in [0.2, 0.25) is 0 Å². The highest BCUT2D eigenvalue weighted by atomic mass is 32.2. The quantitative estimate of drug-likeness (QED) is 0.767. The molecule has 1 saturated heterocycles. The van der Waals surface area contributed by atoms with E-state index in [0.29, 0.717) is 5.75 Å². The molecule has 0 spiro atoms. The van der Waals surface area contributed by atoms with Crippen LogP contribution in [0.15, 0.2) is 0 Å². The fourth-order valence-electron chi connectivity index (χ4n) is 1.61. The third-order valence-corrected chi connectivity index (χ3v) is 4.65. The van der Waals surface area contributed by atoms with E-state index < -0.39 is 27.8 Å². The van der Waals surface area contributed by atoms with Gasteiger partial charge in [-0.3, -0.25) is 4.79 Å². The third-order valence-electron chi connectivity index (χ3n) is 2.48. The van der Waals surface area contributed by atoms with Gasteiger partial charge in [-0.05, 0) is 6.92 Å². The molecule has 0 aromatic carbocycles. The zero-order valence-corrected chi connectivity index (χ0v) is 11.3. The summed E-state index contributed by atoms with van der Waals surface area (Å²) >= 11 is 1.38. The van der Waals surface area contributed by atoms with Crippen LogP contribution in [0.25, 0.3) is 0 Å². The number of carboxylic acids is 1. The van der Waals surface area contributed by atoms with E-state index in [2.05, 4.69) is 0 Å². The fraction of sp³-hybridized carbons (Fsp3) is 0.778. The second-order valence-electron chi connectivity index (χ2n) is 3.97. The van der Waals surface area contributed by atoms with Gasteiger partial charge in [0.15, 0.2) is 0 Å². The monoisotopic (exact) mass is 281 g/mol. The van der Waals surface area contributed by atoms with Gasteiger partial charge in [0, 0.05) is 18.4 Å². The smallest absolute Gasteiger partial charge is 0.327 e. The van der Waals surface area contributed by atoms with Crippen LogP contribution < -0.4 is 0 Å². The second kappa shape index (κ2) is 5.26. The Balaban J connectivity index is 2.69. The number of nitrogens with zero attached hydrogens (tertiary/aromatic N) is 1. The van der Waals surface area contributed by atoms with Gasteiger partial charge in [-0.15, -0.1) is 11.8 Å². The summed E-state index contributed by atoms with van der Waals surface area (Å²) < 4.78 is 21.9. The van der Waals surface area contributed by atoms with Crippen LogP contribution in [0.3, 0.4) is 0 Å². The highest BCUT2D eigenvalue weighted by Crippen LogP contribution is 2.29. The number of carbonyl (C=O) groups is 2. The Morgan fingerprint density at radius 1 is 1.47 bits per heavy atom. The van der Waals surface area contributed by atoms with Crippen LogP contribution in [0.5, 0.6) is 0 Å². The highest BCUT2D eigenvalue weighted by Gasteiger charge is 2.39. The van der Waals surface area contributed by atoms with Crippen molar-refractivity contribution in [1.29, 1.82) is 0 Å². The number of sulfone groups is 1. The number of carboxylic acid groups (broad SMARTS) is 1. The van der Waals surface area contributed by atoms with Crippen molar-refractivity contribution in [3.63, 3.8) is 0 Å². The molecule has 1 N–H and O–H groups in total. The van der Waals surface area contributed by atoms with Crippen molar-refractivity contribution in [3.05, 3.63) is 0 Å². The minimum Gasteiger partial charge on any atom is -0.480 e. The number of aliphatic carboxylic acids is 1. The van der Waals surface area contributed by atoms with E-state index in [1.54, 1.807) is 6.92 Å². The van der Waals surface area contributed by atoms with E-state index in [4.69, 9.17) is 5.11 Å². The van der Waals surface area contributed by atoms with Crippen molar-refractivity contribution >= 4 is 33.5 Å². The number of carbonyl (C=O) groups excluding carboxylic acids is 1. The molecule has 98 valence electrons. The van der Waals surface area contributed by atoms with Crippen LogP contribution in [0.4, 0.5) is 0 Å². The third kappa shape index (κ3) is 3.88. The van der Waals surface area contributed by atoms with E-state index in [-0.39, 0.29) is 17.5 Å². The van der Waals surface area contributed by atoms with Gasteiger partial charge in [-0.25, -0.2) is 13.2 Å². The van der Waals surface area contributed by atoms with E-state index in [1.807, 2.05) is 0 Å². The van der Waals surface area contributed by atoms with Crippen LogP contribution >= 0.6 is 11.8 Å². The topological polar surface area (TPSA) is 91.8 Å². The van der Waals surface area contributed by atoms with Gasteiger partial charge < -0.3 is 10.0 Å². The summed E-state index contributed by atoms with van der Waals surface area (Å²) in [6, 6.07) is -0.845. The first-order valence-corrected chi connectivity index (χ1v) is 8.16. The molecule has 0 aromatic heterocycles. The van der Waals surface area contributed by atoms with Crippen molar-refractivity contribution in [2.75, 3.05) is 17.8 Å². The van der Waals surface area contributed by atoms with Gasteiger partial charge in [0.25, 0.3) is 0 Å². The summed E-state index contributed by atoms with van der Waals surface area (Å²) in [5.41, 5.74) is 0. The molecular weight excluding hydrogens is 266 g/mol. The molecule has 0 aliphatic carbocycles. The van der Waals surface area contributed by atoms with Gasteiger partial charge in [0.2, 0.25) is 5.91 Å². The largest absolute Gasteiger partial charge is 0.480 e. The predicted molar refractivity (Wildman–Crippen MR) is 64.5 cm³/mol. The average molecular weight is 281 g/mol. The Morgan fingerprint density at radius 2 is 2.06 bits per heavy atom.